The largest absolute Gasteiger partial charge is 0.497 e. The fourth-order valence-corrected chi connectivity index (χ4v) is 7.97. The molecular weight excluding hydrogens is 414 g/mol. The number of aliphatic hydroxyl groups excluding tert-OH is 1. The number of esters is 1. The molecule has 1 aromatic rings. The van der Waals surface area contributed by atoms with Crippen molar-refractivity contribution in [2.75, 3.05) is 14.2 Å². The fourth-order valence-electron chi connectivity index (χ4n) is 5.44. The number of likely N-dealkylation sites (tertiary alicyclic amines) is 1. The highest BCUT2D eigenvalue weighted by Gasteiger charge is 2.76. The smallest absolute Gasteiger partial charge is 0.337 e. The molecule has 3 rings (SSSR count). The molecule has 0 radical (unpaired) electrons. The van der Waals surface area contributed by atoms with Crippen molar-refractivity contribution in [2.24, 2.45) is 11.8 Å². The number of benzene rings is 1. The maximum Gasteiger partial charge on any atom is 0.337 e. The van der Waals surface area contributed by atoms with E-state index in [9.17, 15) is 14.7 Å². The number of methoxy groups -OCH3 is 2. The van der Waals surface area contributed by atoms with Crippen molar-refractivity contribution in [3.8, 4) is 5.75 Å². The second-order valence-corrected chi connectivity index (χ2v) is 14.0. The molecule has 0 aromatic heterocycles. The second kappa shape index (κ2) is 8.22. The number of hydrogen-bond donors (Lipinski definition) is 1. The summed E-state index contributed by atoms with van der Waals surface area (Å²) in [6, 6.07) is 8.18. The Kier molecular flexibility index (Phi) is 6.30. The summed E-state index contributed by atoms with van der Waals surface area (Å²) in [5, 5.41) is 11.5. The topological polar surface area (TPSA) is 85.3 Å². The van der Waals surface area contributed by atoms with Crippen LogP contribution in [0.3, 0.4) is 0 Å². The minimum Gasteiger partial charge on any atom is -0.497 e. The minimum absolute atomic E-state index is 0.166. The van der Waals surface area contributed by atoms with Crippen LogP contribution in [0.15, 0.2) is 24.3 Å². The summed E-state index contributed by atoms with van der Waals surface area (Å²) < 4.78 is 17.2. The van der Waals surface area contributed by atoms with Crippen molar-refractivity contribution in [1.29, 1.82) is 0 Å². The Balaban J connectivity index is 2.20. The number of aliphatic hydroxyl groups is 1. The third kappa shape index (κ3) is 3.58. The van der Waals surface area contributed by atoms with Crippen LogP contribution in [0.1, 0.15) is 32.8 Å². The number of amides is 1. The molecule has 0 aliphatic carbocycles. The Hall–Kier alpha value is -1.90. The zero-order valence-corrected chi connectivity index (χ0v) is 20.6. The summed E-state index contributed by atoms with van der Waals surface area (Å²) in [4.78, 5) is 28.8. The van der Waals surface area contributed by atoms with Crippen LogP contribution in [-0.2, 0) is 25.3 Å². The number of carbonyl (C=O) groups excluding carboxylic acids is 2. The van der Waals surface area contributed by atoms with Crippen LogP contribution in [0, 0.1) is 11.8 Å². The van der Waals surface area contributed by atoms with E-state index >= 15 is 0 Å². The zero-order valence-electron chi connectivity index (χ0n) is 19.6. The average Bonchev–Trinajstić information content (AvgIpc) is 2.89. The predicted molar refractivity (Wildman–Crippen MR) is 119 cm³/mol. The van der Waals surface area contributed by atoms with Crippen LogP contribution in [0.2, 0.25) is 19.1 Å². The van der Waals surface area contributed by atoms with Gasteiger partial charge < -0.3 is 23.9 Å². The maximum atomic E-state index is 13.8. The lowest BCUT2D eigenvalue weighted by atomic mass is 9.69. The summed E-state index contributed by atoms with van der Waals surface area (Å²) in [5.74, 6) is -0.912. The quantitative estimate of drug-likeness (QED) is 0.531. The molecule has 172 valence electrons. The van der Waals surface area contributed by atoms with Crippen LogP contribution in [0.4, 0.5) is 0 Å². The Bertz CT molecular complexity index is 841. The standard InChI is InChI=1S/C23H35NO6Si/c1-15(2)19(25)23(21(27)29-5)22(3)18(12-13-31(6,7)30-22)20(26)24(23)14-16-8-10-17(28-4)11-9-16/h8-11,15,18-19,25H,12-14H2,1-7H3/t18-,19-,22-,23+/m0/s1. The Morgan fingerprint density at radius 1 is 1.29 bits per heavy atom. The highest BCUT2D eigenvalue weighted by Crippen LogP contribution is 2.55. The van der Waals surface area contributed by atoms with Gasteiger partial charge in [-0.1, -0.05) is 26.0 Å². The molecule has 0 spiro atoms. The number of carbonyl (C=O) groups is 2. The first-order chi connectivity index (χ1) is 14.4. The van der Waals surface area contributed by atoms with Crippen molar-refractivity contribution in [3.05, 3.63) is 29.8 Å². The molecule has 2 heterocycles. The summed E-state index contributed by atoms with van der Waals surface area (Å²) in [5.41, 5.74) is -1.99. The highest BCUT2D eigenvalue weighted by atomic mass is 28.4. The summed E-state index contributed by atoms with van der Waals surface area (Å²) >= 11 is 0. The van der Waals surface area contributed by atoms with Gasteiger partial charge in [0.05, 0.1) is 26.2 Å². The lowest BCUT2D eigenvalue weighted by Crippen LogP contribution is -2.73. The normalized spacial score (nSPS) is 30.8. The first-order valence-corrected chi connectivity index (χ1v) is 14.0. The van der Waals surface area contributed by atoms with Gasteiger partial charge in [-0.05, 0) is 56.1 Å². The van der Waals surface area contributed by atoms with Crippen LogP contribution >= 0.6 is 0 Å². The van der Waals surface area contributed by atoms with Gasteiger partial charge in [0, 0.05) is 6.54 Å². The molecule has 0 bridgehead atoms. The highest BCUT2D eigenvalue weighted by molar-refractivity contribution is 6.71. The molecule has 1 aromatic carbocycles. The Labute approximate surface area is 185 Å². The Morgan fingerprint density at radius 2 is 1.90 bits per heavy atom. The van der Waals surface area contributed by atoms with E-state index in [1.54, 1.807) is 7.11 Å². The average molecular weight is 450 g/mol. The zero-order chi connectivity index (χ0) is 23.2. The van der Waals surface area contributed by atoms with Gasteiger partial charge in [0.25, 0.3) is 0 Å². The van der Waals surface area contributed by atoms with Crippen LogP contribution in [-0.4, -0.2) is 61.7 Å². The molecule has 2 fully saturated rings. The molecule has 2 aliphatic heterocycles. The molecule has 0 unspecified atom stereocenters. The molecule has 2 aliphatic rings. The van der Waals surface area contributed by atoms with Crippen LogP contribution in [0.25, 0.3) is 0 Å². The Morgan fingerprint density at radius 3 is 2.42 bits per heavy atom. The van der Waals surface area contributed by atoms with Crippen molar-refractivity contribution in [3.63, 3.8) is 0 Å². The number of rotatable bonds is 6. The molecule has 7 nitrogen and oxygen atoms in total. The first kappa shape index (κ1) is 23.8. The van der Waals surface area contributed by atoms with E-state index in [0.29, 0.717) is 12.2 Å². The van der Waals surface area contributed by atoms with Gasteiger partial charge in [-0.25, -0.2) is 4.79 Å². The molecule has 8 heteroatoms. The van der Waals surface area contributed by atoms with Gasteiger partial charge in [0.15, 0.2) is 13.9 Å². The molecule has 1 N–H and O–H groups in total. The van der Waals surface area contributed by atoms with Gasteiger partial charge >= 0.3 is 5.97 Å². The minimum atomic E-state index is -2.15. The van der Waals surface area contributed by atoms with E-state index in [0.717, 1.165) is 11.6 Å². The molecule has 1 amide bonds. The maximum absolute atomic E-state index is 13.8. The van der Waals surface area contributed by atoms with Crippen molar-refractivity contribution < 1.29 is 28.6 Å². The van der Waals surface area contributed by atoms with E-state index in [-0.39, 0.29) is 18.4 Å². The lowest BCUT2D eigenvalue weighted by Gasteiger charge is -2.53. The molecule has 4 atom stereocenters. The van der Waals surface area contributed by atoms with Crippen molar-refractivity contribution >= 4 is 20.2 Å². The monoisotopic (exact) mass is 449 g/mol. The van der Waals surface area contributed by atoms with Gasteiger partial charge in [-0.3, -0.25) is 4.79 Å². The van der Waals surface area contributed by atoms with Gasteiger partial charge in [0.1, 0.15) is 11.4 Å². The summed E-state index contributed by atoms with van der Waals surface area (Å²) in [7, 11) is 0.738. The third-order valence-corrected chi connectivity index (χ3v) is 9.46. The van der Waals surface area contributed by atoms with Gasteiger partial charge in [0.2, 0.25) is 5.91 Å². The summed E-state index contributed by atoms with van der Waals surface area (Å²) in [6.45, 7) is 9.85. The SMILES string of the molecule is COC(=O)[C@@]1([C@@H](O)C(C)C)N(Cc2ccc(OC)cc2)C(=O)[C@@H]2CC[Si](C)(C)O[C@@]21C. The van der Waals surface area contributed by atoms with E-state index in [1.807, 2.05) is 45.0 Å². The number of nitrogens with zero attached hydrogens (tertiary/aromatic N) is 1. The lowest BCUT2D eigenvalue weighted by molar-refractivity contribution is -0.189. The molecule has 0 saturated carbocycles. The van der Waals surface area contributed by atoms with E-state index < -0.39 is 37.4 Å². The van der Waals surface area contributed by atoms with Crippen LogP contribution in [0.5, 0.6) is 5.75 Å². The fraction of sp³-hybridized carbons (Fsp3) is 0.652. The van der Waals surface area contributed by atoms with Crippen molar-refractivity contribution in [2.45, 2.75) is 70.1 Å². The van der Waals surface area contributed by atoms with Gasteiger partial charge in [-0.2, -0.15) is 0 Å². The number of hydrogen-bond acceptors (Lipinski definition) is 6. The third-order valence-electron chi connectivity index (χ3n) is 6.99. The number of fused-ring (bicyclic) bond motifs is 1. The van der Waals surface area contributed by atoms with E-state index in [1.165, 1.54) is 12.0 Å². The molecule has 2 saturated heterocycles. The predicted octanol–water partition coefficient (Wildman–Crippen LogP) is 2.97. The summed E-state index contributed by atoms with van der Waals surface area (Å²) in [6.07, 6.45) is -0.517. The van der Waals surface area contributed by atoms with Crippen LogP contribution < -0.4 is 4.74 Å². The van der Waals surface area contributed by atoms with Crippen molar-refractivity contribution in [1.82, 2.24) is 4.90 Å². The second-order valence-electron chi connectivity index (χ2n) is 9.78. The molecular formula is C23H35NO6Si. The molecule has 31 heavy (non-hydrogen) atoms. The van der Waals surface area contributed by atoms with E-state index in [2.05, 4.69) is 13.1 Å². The van der Waals surface area contributed by atoms with Gasteiger partial charge in [-0.15, -0.1) is 0 Å². The first-order valence-electron chi connectivity index (χ1n) is 10.9. The number of ether oxygens (including phenoxy) is 2. The van der Waals surface area contributed by atoms with E-state index in [4.69, 9.17) is 13.9 Å².